The molecule has 4 heteroatoms. The van der Waals surface area contributed by atoms with Crippen molar-refractivity contribution in [2.75, 3.05) is 0 Å². The molecule has 0 saturated carbocycles. The molecule has 0 fully saturated rings. The molecule has 2 N–H and O–H groups in total. The molecule has 0 bridgehead atoms. The van der Waals surface area contributed by atoms with E-state index in [1.165, 1.54) is 0 Å². The number of halogens is 1. The Morgan fingerprint density at radius 2 is 1.89 bits per heavy atom. The van der Waals surface area contributed by atoms with Gasteiger partial charge in [0.05, 0.1) is 5.52 Å². The Balaban J connectivity index is 1.89. The first-order valence-electron chi connectivity index (χ1n) is 6.10. The lowest BCUT2D eigenvalue weighted by Gasteiger charge is -2.07. The number of nitrogens with zero attached hydrogens (tertiary/aromatic N) is 1. The van der Waals surface area contributed by atoms with Crippen molar-refractivity contribution in [2.45, 2.75) is 12.5 Å². The first kappa shape index (κ1) is 12.4. The summed E-state index contributed by atoms with van der Waals surface area (Å²) in [5.41, 5.74) is 2.87. The lowest BCUT2D eigenvalue weighted by Crippen LogP contribution is -2.03. The predicted molar refractivity (Wildman–Crippen MR) is 78.9 cm³/mol. The molecule has 3 aromatic rings. The van der Waals surface area contributed by atoms with Gasteiger partial charge < -0.3 is 10.1 Å². The molecule has 19 heavy (non-hydrogen) atoms. The Morgan fingerprint density at radius 3 is 2.63 bits per heavy atom. The van der Waals surface area contributed by atoms with Gasteiger partial charge >= 0.3 is 0 Å². The molecule has 0 unspecified atom stereocenters. The second kappa shape index (κ2) is 5.15. The molecule has 0 amide bonds. The van der Waals surface area contributed by atoms with Crippen LogP contribution in [0.25, 0.3) is 11.0 Å². The summed E-state index contributed by atoms with van der Waals surface area (Å²) in [6.45, 7) is 0. The number of aromatic nitrogens is 2. The lowest BCUT2D eigenvalue weighted by molar-refractivity contribution is 0.170. The molecule has 0 aliphatic heterocycles. The van der Waals surface area contributed by atoms with E-state index in [1.807, 2.05) is 48.5 Å². The number of hydrogen-bond donors (Lipinski definition) is 2. The van der Waals surface area contributed by atoms with E-state index < -0.39 is 6.10 Å². The molecule has 96 valence electrons. The number of nitrogens with one attached hydrogen (secondary N) is 1. The first-order chi connectivity index (χ1) is 9.24. The molecule has 0 spiro atoms. The van der Waals surface area contributed by atoms with Gasteiger partial charge in [0, 0.05) is 10.9 Å². The summed E-state index contributed by atoms with van der Waals surface area (Å²) < 4.78 is 0.930. The molecular formula is C15H13BrN2O. The molecule has 1 heterocycles. The monoisotopic (exact) mass is 316 g/mol. The molecule has 1 aromatic heterocycles. The minimum Gasteiger partial charge on any atom is -0.385 e. The summed E-state index contributed by atoms with van der Waals surface area (Å²) in [6.07, 6.45) is -0.0696. The van der Waals surface area contributed by atoms with E-state index in [0.29, 0.717) is 12.2 Å². The topological polar surface area (TPSA) is 48.9 Å². The summed E-state index contributed by atoms with van der Waals surface area (Å²) in [5, 5.41) is 10.3. The minimum atomic E-state index is -0.623. The van der Waals surface area contributed by atoms with Gasteiger partial charge in [-0.1, -0.05) is 36.4 Å². The maximum atomic E-state index is 10.3. The molecule has 3 nitrogen and oxygen atoms in total. The van der Waals surface area contributed by atoms with Crippen molar-refractivity contribution in [2.24, 2.45) is 0 Å². The van der Waals surface area contributed by atoms with Gasteiger partial charge in [0.15, 0.2) is 0 Å². The normalized spacial score (nSPS) is 12.7. The van der Waals surface area contributed by atoms with E-state index in [9.17, 15) is 5.11 Å². The molecule has 0 aliphatic rings. The van der Waals surface area contributed by atoms with Crippen molar-refractivity contribution < 1.29 is 5.11 Å². The van der Waals surface area contributed by atoms with Gasteiger partial charge in [0.1, 0.15) is 17.4 Å². The highest BCUT2D eigenvalue weighted by atomic mass is 79.9. The van der Waals surface area contributed by atoms with Crippen molar-refractivity contribution in [3.63, 3.8) is 0 Å². The fourth-order valence-electron chi connectivity index (χ4n) is 2.11. The highest BCUT2D eigenvalue weighted by molar-refractivity contribution is 9.10. The van der Waals surface area contributed by atoms with Crippen LogP contribution >= 0.6 is 15.9 Å². The van der Waals surface area contributed by atoms with E-state index in [1.54, 1.807) is 0 Å². The first-order valence-corrected chi connectivity index (χ1v) is 6.89. The molecular weight excluding hydrogens is 304 g/mol. The van der Waals surface area contributed by atoms with Crippen LogP contribution in [-0.2, 0) is 6.42 Å². The van der Waals surface area contributed by atoms with Crippen molar-refractivity contribution in [3.05, 3.63) is 64.4 Å². The number of benzene rings is 2. The summed E-state index contributed by atoms with van der Waals surface area (Å²) >= 11 is 3.46. The van der Waals surface area contributed by atoms with Crippen LogP contribution in [0.2, 0.25) is 0 Å². The maximum absolute atomic E-state index is 10.3. The van der Waals surface area contributed by atoms with Crippen LogP contribution in [0.3, 0.4) is 0 Å². The maximum Gasteiger partial charge on any atom is 0.136 e. The predicted octanol–water partition coefficient (Wildman–Crippen LogP) is 3.60. The van der Waals surface area contributed by atoms with Crippen molar-refractivity contribution >= 4 is 27.0 Å². The summed E-state index contributed by atoms with van der Waals surface area (Å²) in [7, 11) is 0. The minimum absolute atomic E-state index is 0.554. The van der Waals surface area contributed by atoms with Crippen molar-refractivity contribution in [3.8, 4) is 0 Å². The van der Waals surface area contributed by atoms with E-state index in [4.69, 9.17) is 0 Å². The Labute approximate surface area is 119 Å². The van der Waals surface area contributed by atoms with Crippen molar-refractivity contribution in [1.82, 2.24) is 9.97 Å². The van der Waals surface area contributed by atoms with Gasteiger partial charge in [-0.3, -0.25) is 0 Å². The molecule has 3 rings (SSSR count). The second-order valence-corrected chi connectivity index (χ2v) is 5.32. The Bertz CT molecular complexity index is 694. The number of fused-ring (bicyclic) bond motifs is 1. The van der Waals surface area contributed by atoms with E-state index in [2.05, 4.69) is 25.9 Å². The van der Waals surface area contributed by atoms with Crippen LogP contribution in [0.5, 0.6) is 0 Å². The standard InChI is InChI=1S/C15H13BrN2O/c16-11-7-4-8-12-14(11)18-15(17-12)13(19)9-10-5-2-1-3-6-10/h1-8,13,19H,9H2,(H,17,18)/t13-/m0/s1. The third-order valence-electron chi connectivity index (χ3n) is 3.07. The van der Waals surface area contributed by atoms with Crippen LogP contribution < -0.4 is 0 Å². The van der Waals surface area contributed by atoms with Crippen LogP contribution in [0.4, 0.5) is 0 Å². The van der Waals surface area contributed by atoms with E-state index in [0.717, 1.165) is 21.1 Å². The number of aliphatic hydroxyl groups is 1. The Morgan fingerprint density at radius 1 is 1.11 bits per heavy atom. The Kier molecular flexibility index (Phi) is 3.36. The largest absolute Gasteiger partial charge is 0.385 e. The third-order valence-corrected chi connectivity index (χ3v) is 3.71. The Hall–Kier alpha value is -1.65. The number of rotatable bonds is 3. The van der Waals surface area contributed by atoms with Gasteiger partial charge in [-0.2, -0.15) is 0 Å². The van der Waals surface area contributed by atoms with Crippen molar-refractivity contribution in [1.29, 1.82) is 0 Å². The number of para-hydroxylation sites is 1. The number of aliphatic hydroxyl groups excluding tert-OH is 1. The number of imidazole rings is 1. The van der Waals surface area contributed by atoms with Gasteiger partial charge in [-0.25, -0.2) is 4.98 Å². The SMILES string of the molecule is O[C@@H](Cc1ccccc1)c1nc2c(Br)cccc2[nH]1. The average molecular weight is 317 g/mol. The number of hydrogen-bond acceptors (Lipinski definition) is 2. The summed E-state index contributed by atoms with van der Waals surface area (Å²) in [4.78, 5) is 7.62. The van der Waals surface area contributed by atoms with Crippen LogP contribution in [0.15, 0.2) is 53.0 Å². The average Bonchev–Trinajstić information content (AvgIpc) is 2.85. The molecule has 0 radical (unpaired) electrons. The highest BCUT2D eigenvalue weighted by Gasteiger charge is 2.14. The summed E-state index contributed by atoms with van der Waals surface area (Å²) in [5.74, 6) is 0.603. The van der Waals surface area contributed by atoms with Gasteiger partial charge in [0.25, 0.3) is 0 Å². The van der Waals surface area contributed by atoms with E-state index in [-0.39, 0.29) is 0 Å². The van der Waals surface area contributed by atoms with Crippen LogP contribution in [0.1, 0.15) is 17.5 Å². The zero-order valence-electron chi connectivity index (χ0n) is 10.2. The molecule has 2 aromatic carbocycles. The van der Waals surface area contributed by atoms with Crippen LogP contribution in [-0.4, -0.2) is 15.1 Å². The molecule has 1 atom stereocenters. The highest BCUT2D eigenvalue weighted by Crippen LogP contribution is 2.24. The molecule has 0 aliphatic carbocycles. The summed E-state index contributed by atoms with van der Waals surface area (Å²) in [6, 6.07) is 15.7. The number of H-pyrrole nitrogens is 1. The fourth-order valence-corrected chi connectivity index (χ4v) is 2.56. The lowest BCUT2D eigenvalue weighted by atomic mass is 10.1. The number of aromatic amines is 1. The fraction of sp³-hybridized carbons (Fsp3) is 0.133. The quantitative estimate of drug-likeness (QED) is 0.775. The zero-order valence-corrected chi connectivity index (χ0v) is 11.8. The third kappa shape index (κ3) is 2.55. The molecule has 0 saturated heterocycles. The zero-order chi connectivity index (χ0) is 13.2. The van der Waals surface area contributed by atoms with E-state index >= 15 is 0 Å². The smallest absolute Gasteiger partial charge is 0.136 e. The van der Waals surface area contributed by atoms with Gasteiger partial charge in [0.2, 0.25) is 0 Å². The van der Waals surface area contributed by atoms with Gasteiger partial charge in [-0.15, -0.1) is 0 Å². The van der Waals surface area contributed by atoms with Crippen LogP contribution in [0, 0.1) is 0 Å². The van der Waals surface area contributed by atoms with Gasteiger partial charge in [-0.05, 0) is 33.6 Å². The second-order valence-electron chi connectivity index (χ2n) is 4.46.